The third-order valence-electron chi connectivity index (χ3n) is 4.87. The van der Waals surface area contributed by atoms with Crippen molar-refractivity contribution >= 4 is 5.97 Å². The molecule has 1 aliphatic rings. The van der Waals surface area contributed by atoms with E-state index in [1.165, 1.54) is 6.07 Å². The van der Waals surface area contributed by atoms with E-state index in [1.807, 2.05) is 6.07 Å². The van der Waals surface area contributed by atoms with E-state index >= 15 is 0 Å². The van der Waals surface area contributed by atoms with Crippen LogP contribution in [0.1, 0.15) is 45.8 Å². The van der Waals surface area contributed by atoms with Gasteiger partial charge in [-0.1, -0.05) is 30.3 Å². The second-order valence-corrected chi connectivity index (χ2v) is 6.64. The van der Waals surface area contributed by atoms with Gasteiger partial charge >= 0.3 is 12.1 Å². The van der Waals surface area contributed by atoms with Gasteiger partial charge in [0, 0.05) is 6.54 Å². The van der Waals surface area contributed by atoms with Crippen LogP contribution in [0, 0.1) is 0 Å². The molecule has 0 spiro atoms. The zero-order valence-electron chi connectivity index (χ0n) is 14.2. The molecule has 1 aliphatic heterocycles. The fraction of sp³-hybridized carbons (Fsp3) is 0.350. The molecule has 3 rings (SSSR count). The number of piperidine rings is 1. The Morgan fingerprint density at radius 1 is 1.08 bits per heavy atom. The minimum Gasteiger partial charge on any atom is -0.478 e. The minimum absolute atomic E-state index is 0.102. The largest absolute Gasteiger partial charge is 0.478 e. The van der Waals surface area contributed by atoms with Gasteiger partial charge < -0.3 is 5.11 Å². The van der Waals surface area contributed by atoms with Crippen LogP contribution in [0.15, 0.2) is 48.5 Å². The quantitative estimate of drug-likeness (QED) is 0.850. The molecule has 0 saturated carbocycles. The monoisotopic (exact) mass is 363 g/mol. The number of carboxylic acid groups (broad SMARTS) is 1. The van der Waals surface area contributed by atoms with Gasteiger partial charge in [0.15, 0.2) is 0 Å². The summed E-state index contributed by atoms with van der Waals surface area (Å²) in [4.78, 5) is 13.2. The van der Waals surface area contributed by atoms with Crippen molar-refractivity contribution in [1.82, 2.24) is 4.90 Å². The first-order valence-corrected chi connectivity index (χ1v) is 8.55. The van der Waals surface area contributed by atoms with Crippen LogP contribution in [0.25, 0.3) is 0 Å². The van der Waals surface area contributed by atoms with Crippen molar-refractivity contribution in [3.05, 3.63) is 70.8 Å². The van der Waals surface area contributed by atoms with Crippen molar-refractivity contribution in [1.29, 1.82) is 0 Å². The van der Waals surface area contributed by atoms with Crippen molar-refractivity contribution in [2.24, 2.45) is 0 Å². The van der Waals surface area contributed by atoms with Crippen LogP contribution in [0.2, 0.25) is 0 Å². The summed E-state index contributed by atoms with van der Waals surface area (Å²) in [6.45, 7) is 1.98. The molecule has 2 aromatic carbocycles. The lowest BCUT2D eigenvalue weighted by Gasteiger charge is -2.33. The van der Waals surface area contributed by atoms with E-state index in [-0.39, 0.29) is 11.5 Å². The van der Waals surface area contributed by atoms with E-state index in [9.17, 15) is 18.0 Å². The third-order valence-corrected chi connectivity index (χ3v) is 4.87. The standard InChI is InChI=1S/C20H20F3NO2/c21-20(22,23)18-7-2-1-6-17(18)15-8-10-24(11-9-15)13-14-4-3-5-16(12-14)19(25)26/h1-7,12,15H,8-11,13H2,(H,25,26). The van der Waals surface area contributed by atoms with Gasteiger partial charge in [-0.3, -0.25) is 4.90 Å². The van der Waals surface area contributed by atoms with Gasteiger partial charge in [-0.2, -0.15) is 13.2 Å². The molecule has 26 heavy (non-hydrogen) atoms. The van der Waals surface area contributed by atoms with E-state index < -0.39 is 17.7 Å². The van der Waals surface area contributed by atoms with Crippen LogP contribution in [-0.2, 0) is 12.7 Å². The summed E-state index contributed by atoms with van der Waals surface area (Å²) in [5.74, 6) is -1.07. The topological polar surface area (TPSA) is 40.5 Å². The highest BCUT2D eigenvalue weighted by Gasteiger charge is 2.35. The van der Waals surface area contributed by atoms with Gasteiger partial charge in [-0.15, -0.1) is 0 Å². The first-order chi connectivity index (χ1) is 12.3. The number of carbonyl (C=O) groups is 1. The highest BCUT2D eigenvalue weighted by Crippen LogP contribution is 2.38. The fourth-order valence-corrected chi connectivity index (χ4v) is 3.57. The zero-order chi connectivity index (χ0) is 18.7. The highest BCUT2D eigenvalue weighted by atomic mass is 19.4. The summed E-state index contributed by atoms with van der Waals surface area (Å²) in [5.41, 5.74) is 0.996. The first kappa shape index (κ1) is 18.5. The number of rotatable bonds is 4. The average Bonchev–Trinajstić information content (AvgIpc) is 2.62. The summed E-state index contributed by atoms with van der Waals surface area (Å²) in [7, 11) is 0. The average molecular weight is 363 g/mol. The minimum atomic E-state index is -4.33. The van der Waals surface area contributed by atoms with Crippen molar-refractivity contribution in [3.63, 3.8) is 0 Å². The van der Waals surface area contributed by atoms with Gasteiger partial charge in [-0.25, -0.2) is 4.79 Å². The van der Waals surface area contributed by atoms with Crippen LogP contribution >= 0.6 is 0 Å². The molecule has 0 aliphatic carbocycles. The predicted molar refractivity (Wildman–Crippen MR) is 92.1 cm³/mol. The second kappa shape index (κ2) is 7.50. The van der Waals surface area contributed by atoms with Crippen LogP contribution in [0.3, 0.4) is 0 Å². The normalized spacial score (nSPS) is 16.6. The molecule has 2 aromatic rings. The molecule has 0 unspecified atom stereocenters. The molecule has 0 amide bonds. The molecule has 3 nitrogen and oxygen atoms in total. The molecule has 1 fully saturated rings. The van der Waals surface area contributed by atoms with E-state index in [2.05, 4.69) is 4.90 Å². The lowest BCUT2D eigenvalue weighted by molar-refractivity contribution is -0.138. The molecule has 138 valence electrons. The summed E-state index contributed by atoms with van der Waals surface area (Å²) in [6, 6.07) is 12.6. The lowest BCUT2D eigenvalue weighted by Crippen LogP contribution is -2.33. The summed E-state index contributed by atoms with van der Waals surface area (Å²) in [5, 5.41) is 9.06. The van der Waals surface area contributed by atoms with E-state index in [1.54, 1.807) is 30.3 Å². The Labute approximate surface area is 150 Å². The van der Waals surface area contributed by atoms with E-state index in [4.69, 9.17) is 5.11 Å². The number of likely N-dealkylation sites (tertiary alicyclic amines) is 1. The first-order valence-electron chi connectivity index (χ1n) is 8.55. The number of aromatic carboxylic acids is 1. The van der Waals surface area contributed by atoms with Gasteiger partial charge in [0.1, 0.15) is 0 Å². The number of benzene rings is 2. The van der Waals surface area contributed by atoms with Crippen LogP contribution < -0.4 is 0 Å². The van der Waals surface area contributed by atoms with Crippen molar-refractivity contribution in [3.8, 4) is 0 Å². The summed E-state index contributed by atoms with van der Waals surface area (Å²) < 4.78 is 39.6. The van der Waals surface area contributed by atoms with Gasteiger partial charge in [0.2, 0.25) is 0 Å². The Bertz CT molecular complexity index is 781. The van der Waals surface area contributed by atoms with E-state index in [0.717, 1.165) is 11.6 Å². The molecular formula is C20H20F3NO2. The molecule has 0 aromatic heterocycles. The van der Waals surface area contributed by atoms with Gasteiger partial charge in [-0.05, 0) is 61.2 Å². The Hall–Kier alpha value is -2.34. The third kappa shape index (κ3) is 4.25. The number of alkyl halides is 3. The highest BCUT2D eigenvalue weighted by molar-refractivity contribution is 5.87. The Morgan fingerprint density at radius 3 is 2.42 bits per heavy atom. The summed E-state index contributed by atoms with van der Waals surface area (Å²) >= 11 is 0. The molecule has 0 radical (unpaired) electrons. The molecule has 1 N–H and O–H groups in total. The second-order valence-electron chi connectivity index (χ2n) is 6.64. The van der Waals surface area contributed by atoms with Gasteiger partial charge in [0.05, 0.1) is 11.1 Å². The van der Waals surface area contributed by atoms with Crippen LogP contribution in [-0.4, -0.2) is 29.1 Å². The van der Waals surface area contributed by atoms with Crippen LogP contribution in [0.5, 0.6) is 0 Å². The number of hydrogen-bond donors (Lipinski definition) is 1. The number of halogens is 3. The molecular weight excluding hydrogens is 343 g/mol. The maximum Gasteiger partial charge on any atom is 0.416 e. The van der Waals surface area contributed by atoms with Crippen LogP contribution in [0.4, 0.5) is 13.2 Å². The predicted octanol–water partition coefficient (Wildman–Crippen LogP) is 4.78. The molecule has 1 heterocycles. The van der Waals surface area contributed by atoms with Crippen molar-refractivity contribution in [2.75, 3.05) is 13.1 Å². The molecule has 0 atom stereocenters. The Balaban J connectivity index is 1.65. The number of nitrogens with zero attached hydrogens (tertiary/aromatic N) is 1. The van der Waals surface area contributed by atoms with Gasteiger partial charge in [0.25, 0.3) is 0 Å². The maximum absolute atomic E-state index is 13.2. The van der Waals surface area contributed by atoms with E-state index in [0.29, 0.717) is 38.0 Å². The molecule has 0 bridgehead atoms. The Kier molecular flexibility index (Phi) is 5.32. The lowest BCUT2D eigenvalue weighted by atomic mass is 9.86. The van der Waals surface area contributed by atoms with Crippen molar-refractivity contribution in [2.45, 2.75) is 31.5 Å². The Morgan fingerprint density at radius 2 is 1.77 bits per heavy atom. The fourth-order valence-electron chi connectivity index (χ4n) is 3.57. The SMILES string of the molecule is O=C(O)c1cccc(CN2CCC(c3ccccc3C(F)(F)F)CC2)c1. The maximum atomic E-state index is 13.2. The smallest absolute Gasteiger partial charge is 0.416 e. The number of hydrogen-bond acceptors (Lipinski definition) is 2. The molecule has 1 saturated heterocycles. The zero-order valence-corrected chi connectivity index (χ0v) is 14.2. The molecule has 6 heteroatoms. The number of carboxylic acids is 1. The van der Waals surface area contributed by atoms with Crippen molar-refractivity contribution < 1.29 is 23.1 Å². The summed E-state index contributed by atoms with van der Waals surface area (Å²) in [6.07, 6.45) is -3.01.